The Morgan fingerprint density at radius 3 is 2.43 bits per heavy atom. The number of fused-ring (bicyclic) bond motifs is 1. The monoisotopic (exact) mass is 329 g/mol. The molecule has 1 aliphatic heterocycles. The van der Waals surface area contributed by atoms with Crippen LogP contribution in [-0.4, -0.2) is 35.9 Å². The van der Waals surface area contributed by atoms with E-state index in [1.54, 1.807) is 4.90 Å². The Balaban J connectivity index is 2.31. The van der Waals surface area contributed by atoms with Crippen LogP contribution in [0.15, 0.2) is 21.7 Å². The summed E-state index contributed by atoms with van der Waals surface area (Å²) in [5.74, 6) is 0. The van der Waals surface area contributed by atoms with E-state index < -0.39 is 22.9 Å². The Labute approximate surface area is 128 Å². The van der Waals surface area contributed by atoms with Gasteiger partial charge in [0.25, 0.3) is 0 Å². The molecule has 6 nitrogen and oxygen atoms in total. The summed E-state index contributed by atoms with van der Waals surface area (Å²) in [5.41, 5.74) is -2.42. The van der Waals surface area contributed by atoms with Gasteiger partial charge in [-0.15, -0.1) is 0 Å². The molecule has 0 atom stereocenters. The van der Waals surface area contributed by atoms with E-state index in [0.717, 1.165) is 10.6 Å². The number of rotatable bonds is 1. The van der Waals surface area contributed by atoms with Crippen molar-refractivity contribution in [3.8, 4) is 0 Å². The highest BCUT2D eigenvalue weighted by Gasteiger charge is 2.36. The first-order valence-corrected chi connectivity index (χ1v) is 6.96. The predicted molar refractivity (Wildman–Crippen MR) is 77.8 cm³/mol. The van der Waals surface area contributed by atoms with Crippen molar-refractivity contribution < 1.29 is 17.9 Å². The molecule has 1 saturated heterocycles. The molecule has 9 heteroatoms. The molecule has 0 amide bonds. The highest BCUT2D eigenvalue weighted by molar-refractivity contribution is 5.82. The molecule has 0 radical (unpaired) electrons. The van der Waals surface area contributed by atoms with Crippen LogP contribution in [0, 0.1) is 0 Å². The van der Waals surface area contributed by atoms with E-state index in [4.69, 9.17) is 4.74 Å². The standard InChI is InChI=1S/C14H14F3N3O3/c1-19-11-7-10(20-2-4-23-5-3-20)8(14(15,16)17)6-9(11)18-12(21)13(19)22/h6-7H,2-5H2,1H3,(H,18,21). The maximum atomic E-state index is 13.4. The van der Waals surface area contributed by atoms with Crippen molar-refractivity contribution in [2.75, 3.05) is 31.2 Å². The van der Waals surface area contributed by atoms with Crippen LogP contribution in [0.4, 0.5) is 18.9 Å². The number of nitrogens with one attached hydrogen (secondary N) is 1. The molecular weight excluding hydrogens is 315 g/mol. The number of anilines is 1. The number of aromatic nitrogens is 2. The molecule has 0 bridgehead atoms. The number of hydrogen-bond donors (Lipinski definition) is 1. The van der Waals surface area contributed by atoms with Crippen molar-refractivity contribution in [1.29, 1.82) is 0 Å². The summed E-state index contributed by atoms with van der Waals surface area (Å²) in [6, 6.07) is 2.17. The summed E-state index contributed by atoms with van der Waals surface area (Å²) in [6.07, 6.45) is -4.58. The molecule has 0 aliphatic carbocycles. The number of alkyl halides is 3. The highest BCUT2D eigenvalue weighted by atomic mass is 19.4. The third-order valence-corrected chi connectivity index (χ3v) is 3.88. The van der Waals surface area contributed by atoms with E-state index in [1.807, 2.05) is 0 Å². The fraction of sp³-hybridized carbons (Fsp3) is 0.429. The van der Waals surface area contributed by atoms with Gasteiger partial charge in [-0.1, -0.05) is 0 Å². The van der Waals surface area contributed by atoms with Crippen LogP contribution in [0.25, 0.3) is 11.0 Å². The maximum Gasteiger partial charge on any atom is 0.418 e. The minimum absolute atomic E-state index is 0.0182. The van der Waals surface area contributed by atoms with E-state index >= 15 is 0 Å². The molecule has 0 spiro atoms. The predicted octanol–water partition coefficient (Wildman–Crippen LogP) is 1.08. The summed E-state index contributed by atoms with van der Waals surface area (Å²) in [4.78, 5) is 27.0. The van der Waals surface area contributed by atoms with Crippen LogP contribution in [0.5, 0.6) is 0 Å². The second-order valence-electron chi connectivity index (χ2n) is 5.30. The summed E-state index contributed by atoms with van der Waals surface area (Å²) in [6.45, 7) is 1.32. The van der Waals surface area contributed by atoms with Gasteiger partial charge < -0.3 is 19.2 Å². The molecule has 23 heavy (non-hydrogen) atoms. The summed E-state index contributed by atoms with van der Waals surface area (Å²) in [5, 5.41) is 0. The lowest BCUT2D eigenvalue weighted by molar-refractivity contribution is -0.137. The van der Waals surface area contributed by atoms with E-state index in [-0.39, 0.29) is 16.7 Å². The number of aromatic amines is 1. The fourth-order valence-corrected chi connectivity index (χ4v) is 2.69. The molecule has 0 saturated carbocycles. The Kier molecular flexibility index (Phi) is 3.67. The van der Waals surface area contributed by atoms with E-state index in [9.17, 15) is 22.8 Å². The first-order chi connectivity index (χ1) is 10.8. The molecule has 1 fully saturated rings. The van der Waals surface area contributed by atoms with Crippen molar-refractivity contribution in [3.63, 3.8) is 0 Å². The number of hydrogen-bond acceptors (Lipinski definition) is 4. The highest BCUT2D eigenvalue weighted by Crippen LogP contribution is 2.38. The van der Waals surface area contributed by atoms with Crippen molar-refractivity contribution in [1.82, 2.24) is 9.55 Å². The van der Waals surface area contributed by atoms with E-state index in [1.165, 1.54) is 13.1 Å². The Morgan fingerprint density at radius 1 is 1.17 bits per heavy atom. The second kappa shape index (κ2) is 5.41. The summed E-state index contributed by atoms with van der Waals surface area (Å²) < 4.78 is 46.4. The number of halogens is 3. The van der Waals surface area contributed by atoms with Gasteiger partial charge in [-0.05, 0) is 12.1 Å². The maximum absolute atomic E-state index is 13.4. The Bertz CT molecular complexity index is 864. The zero-order chi connectivity index (χ0) is 16.8. The van der Waals surface area contributed by atoms with Crippen LogP contribution in [0.1, 0.15) is 5.56 Å². The molecule has 1 aliphatic rings. The molecule has 3 rings (SSSR count). The molecule has 1 N–H and O–H groups in total. The molecular formula is C14H14F3N3O3. The van der Waals surface area contributed by atoms with Gasteiger partial charge in [0.1, 0.15) is 0 Å². The normalized spacial score (nSPS) is 16.1. The zero-order valence-corrected chi connectivity index (χ0v) is 12.2. The van der Waals surface area contributed by atoms with Gasteiger partial charge in [0.2, 0.25) is 0 Å². The van der Waals surface area contributed by atoms with Crippen LogP contribution in [0.3, 0.4) is 0 Å². The van der Waals surface area contributed by atoms with Gasteiger partial charge in [0.05, 0.1) is 35.5 Å². The molecule has 1 aromatic heterocycles. The average molecular weight is 329 g/mol. The quantitative estimate of drug-likeness (QED) is 0.795. The van der Waals surface area contributed by atoms with Gasteiger partial charge in [-0.25, -0.2) is 0 Å². The van der Waals surface area contributed by atoms with Crippen molar-refractivity contribution in [2.24, 2.45) is 7.05 Å². The minimum Gasteiger partial charge on any atom is -0.378 e. The third kappa shape index (κ3) is 2.72. The lowest BCUT2D eigenvalue weighted by Crippen LogP contribution is -2.38. The van der Waals surface area contributed by atoms with E-state index in [0.29, 0.717) is 26.3 Å². The van der Waals surface area contributed by atoms with Gasteiger partial charge in [-0.2, -0.15) is 13.2 Å². The molecule has 124 valence electrons. The Morgan fingerprint density at radius 2 is 1.83 bits per heavy atom. The van der Waals surface area contributed by atoms with E-state index in [2.05, 4.69) is 4.98 Å². The lowest BCUT2D eigenvalue weighted by atomic mass is 10.1. The summed E-state index contributed by atoms with van der Waals surface area (Å²) in [7, 11) is 1.36. The smallest absolute Gasteiger partial charge is 0.378 e. The average Bonchev–Trinajstić information content (AvgIpc) is 2.52. The Hall–Kier alpha value is -2.29. The number of H-pyrrole nitrogens is 1. The van der Waals surface area contributed by atoms with Crippen molar-refractivity contribution in [2.45, 2.75) is 6.18 Å². The number of aryl methyl sites for hydroxylation is 1. The fourth-order valence-electron chi connectivity index (χ4n) is 2.69. The van der Waals surface area contributed by atoms with Crippen molar-refractivity contribution in [3.05, 3.63) is 38.4 Å². The van der Waals surface area contributed by atoms with Gasteiger partial charge >= 0.3 is 17.3 Å². The second-order valence-corrected chi connectivity index (χ2v) is 5.30. The van der Waals surface area contributed by atoms with Gasteiger partial charge in [0, 0.05) is 20.1 Å². The topological polar surface area (TPSA) is 67.3 Å². The van der Waals surface area contributed by atoms with Crippen LogP contribution in [0.2, 0.25) is 0 Å². The number of benzene rings is 1. The third-order valence-electron chi connectivity index (χ3n) is 3.88. The molecule has 2 heterocycles. The van der Waals surface area contributed by atoms with Crippen LogP contribution in [-0.2, 0) is 18.0 Å². The van der Waals surface area contributed by atoms with Crippen LogP contribution < -0.4 is 16.0 Å². The molecule has 2 aromatic rings. The number of morpholine rings is 1. The number of nitrogens with zero attached hydrogens (tertiary/aromatic N) is 2. The largest absolute Gasteiger partial charge is 0.418 e. The van der Waals surface area contributed by atoms with Gasteiger partial charge in [-0.3, -0.25) is 9.59 Å². The first-order valence-electron chi connectivity index (χ1n) is 6.96. The molecule has 1 aromatic carbocycles. The zero-order valence-electron chi connectivity index (χ0n) is 12.2. The van der Waals surface area contributed by atoms with Crippen molar-refractivity contribution >= 4 is 16.7 Å². The summed E-state index contributed by atoms with van der Waals surface area (Å²) >= 11 is 0. The van der Waals surface area contributed by atoms with Crippen LogP contribution >= 0.6 is 0 Å². The van der Waals surface area contributed by atoms with Gasteiger partial charge in [0.15, 0.2) is 0 Å². The molecule has 0 unspecified atom stereocenters. The number of ether oxygens (including phenoxy) is 1. The minimum atomic E-state index is -4.58. The lowest BCUT2D eigenvalue weighted by Gasteiger charge is -2.31. The first kappa shape index (κ1) is 15.6. The SMILES string of the molecule is Cn1c(=O)c(=O)[nH]c2cc(C(F)(F)F)c(N3CCOCC3)cc21.